The molecule has 0 amide bonds. The van der Waals surface area contributed by atoms with E-state index in [2.05, 4.69) is 0 Å². The SMILES string of the molecule is NCCCN.O.[Cu]. The standard InChI is InChI=1S/C3H10N2.Cu.H2O/c4-2-1-3-5;;/h1-5H2;;1H2. The number of hydrogen-bond acceptors (Lipinski definition) is 2. The van der Waals surface area contributed by atoms with Gasteiger partial charge in [0.1, 0.15) is 0 Å². The maximum absolute atomic E-state index is 5.06. The van der Waals surface area contributed by atoms with Crippen molar-refractivity contribution in [3.8, 4) is 0 Å². The molecule has 0 aliphatic rings. The smallest absolute Gasteiger partial charge is 0 e. The molecule has 4 heteroatoms. The Hall–Kier alpha value is 0.399. The molecule has 0 aliphatic carbocycles. The molecular weight excluding hydrogens is 144 g/mol. The molecule has 1 radical (unpaired) electrons. The second kappa shape index (κ2) is 16.1. The van der Waals surface area contributed by atoms with Gasteiger partial charge in [-0.25, -0.2) is 0 Å². The zero-order valence-electron chi connectivity index (χ0n) is 4.08. The van der Waals surface area contributed by atoms with Crippen molar-refractivity contribution in [2.24, 2.45) is 11.5 Å². The second-order valence-corrected chi connectivity index (χ2v) is 0.931. The third kappa shape index (κ3) is 21.5. The van der Waals surface area contributed by atoms with Gasteiger partial charge in [-0.05, 0) is 19.5 Å². The Morgan fingerprint density at radius 3 is 1.29 bits per heavy atom. The van der Waals surface area contributed by atoms with E-state index in [0.29, 0.717) is 0 Å². The molecule has 0 fully saturated rings. The summed E-state index contributed by atoms with van der Waals surface area (Å²) in [7, 11) is 0. The van der Waals surface area contributed by atoms with Crippen LogP contribution in [-0.4, -0.2) is 18.6 Å². The van der Waals surface area contributed by atoms with Crippen molar-refractivity contribution in [2.75, 3.05) is 13.1 Å². The summed E-state index contributed by atoms with van der Waals surface area (Å²) in [5.41, 5.74) is 10.1. The van der Waals surface area contributed by atoms with Crippen LogP contribution in [0.5, 0.6) is 0 Å². The fraction of sp³-hybridized carbons (Fsp3) is 1.00. The van der Waals surface area contributed by atoms with Crippen LogP contribution in [0.15, 0.2) is 0 Å². The molecule has 0 aromatic rings. The summed E-state index contributed by atoms with van der Waals surface area (Å²) in [4.78, 5) is 0. The summed E-state index contributed by atoms with van der Waals surface area (Å²) in [6, 6.07) is 0. The molecule has 51 valence electrons. The Morgan fingerprint density at radius 2 is 1.29 bits per heavy atom. The van der Waals surface area contributed by atoms with Gasteiger partial charge in [0.15, 0.2) is 0 Å². The Balaban J connectivity index is -0.0000000800. The molecule has 0 aromatic heterocycles. The van der Waals surface area contributed by atoms with E-state index < -0.39 is 0 Å². The van der Waals surface area contributed by atoms with E-state index in [1.165, 1.54) is 0 Å². The summed E-state index contributed by atoms with van der Waals surface area (Å²) in [5.74, 6) is 0. The number of hydrogen-bond donors (Lipinski definition) is 2. The van der Waals surface area contributed by atoms with Crippen molar-refractivity contribution < 1.29 is 22.5 Å². The normalized spacial score (nSPS) is 6.00. The van der Waals surface area contributed by atoms with Crippen LogP contribution in [0.3, 0.4) is 0 Å². The van der Waals surface area contributed by atoms with Crippen LogP contribution in [0.4, 0.5) is 0 Å². The van der Waals surface area contributed by atoms with Gasteiger partial charge in [0.2, 0.25) is 0 Å². The fourth-order valence-corrected chi connectivity index (χ4v) is 0.118. The van der Waals surface area contributed by atoms with Crippen molar-refractivity contribution >= 4 is 0 Å². The van der Waals surface area contributed by atoms with Gasteiger partial charge in [-0.15, -0.1) is 0 Å². The topological polar surface area (TPSA) is 83.5 Å². The first-order chi connectivity index (χ1) is 2.41. The predicted octanol–water partition coefficient (Wildman–Crippen LogP) is -1.53. The van der Waals surface area contributed by atoms with E-state index in [9.17, 15) is 0 Å². The van der Waals surface area contributed by atoms with Gasteiger partial charge >= 0.3 is 0 Å². The van der Waals surface area contributed by atoms with Crippen LogP contribution >= 0.6 is 0 Å². The molecular formula is C3H12CuN2O. The number of rotatable bonds is 2. The van der Waals surface area contributed by atoms with Crippen molar-refractivity contribution in [1.82, 2.24) is 0 Å². The average molecular weight is 156 g/mol. The van der Waals surface area contributed by atoms with Gasteiger partial charge in [0.25, 0.3) is 0 Å². The summed E-state index contributed by atoms with van der Waals surface area (Å²) in [6.07, 6.45) is 0.944. The zero-order chi connectivity index (χ0) is 4.12. The van der Waals surface area contributed by atoms with E-state index in [4.69, 9.17) is 11.5 Å². The summed E-state index contributed by atoms with van der Waals surface area (Å²) in [5, 5.41) is 0. The minimum Gasteiger partial charge on any atom is -0.412 e. The summed E-state index contributed by atoms with van der Waals surface area (Å²) in [6.45, 7) is 1.44. The third-order valence-electron chi connectivity index (χ3n) is 0.408. The van der Waals surface area contributed by atoms with Crippen LogP contribution in [0.1, 0.15) is 6.42 Å². The molecule has 7 heavy (non-hydrogen) atoms. The van der Waals surface area contributed by atoms with Gasteiger partial charge in [-0.1, -0.05) is 0 Å². The summed E-state index contributed by atoms with van der Waals surface area (Å²) < 4.78 is 0. The molecule has 0 atom stereocenters. The fourth-order valence-electron chi connectivity index (χ4n) is 0.118. The Bertz CT molecular complexity index is 20.4. The second-order valence-electron chi connectivity index (χ2n) is 0.931. The Kier molecular flexibility index (Phi) is 36.1. The summed E-state index contributed by atoms with van der Waals surface area (Å²) >= 11 is 0. The molecule has 0 aromatic carbocycles. The molecule has 3 nitrogen and oxygen atoms in total. The minimum absolute atomic E-state index is 0. The van der Waals surface area contributed by atoms with Gasteiger partial charge in [0.05, 0.1) is 0 Å². The average Bonchev–Trinajstić information content (AvgIpc) is 1.41. The first-order valence-electron chi connectivity index (χ1n) is 1.82. The third-order valence-corrected chi connectivity index (χ3v) is 0.408. The van der Waals surface area contributed by atoms with Crippen molar-refractivity contribution in [2.45, 2.75) is 6.42 Å². The van der Waals surface area contributed by atoms with E-state index >= 15 is 0 Å². The van der Waals surface area contributed by atoms with Gasteiger partial charge in [-0.2, -0.15) is 0 Å². The first kappa shape index (κ1) is 15.7. The molecule has 0 bridgehead atoms. The molecule has 0 aliphatic heterocycles. The molecule has 0 spiro atoms. The number of nitrogens with two attached hydrogens (primary N) is 2. The van der Waals surface area contributed by atoms with Gasteiger partial charge in [-0.3, -0.25) is 0 Å². The molecule has 0 saturated carbocycles. The largest absolute Gasteiger partial charge is 0.412 e. The van der Waals surface area contributed by atoms with Gasteiger partial charge < -0.3 is 16.9 Å². The van der Waals surface area contributed by atoms with Crippen molar-refractivity contribution in [3.05, 3.63) is 0 Å². The van der Waals surface area contributed by atoms with Crippen LogP contribution in [0, 0.1) is 0 Å². The maximum Gasteiger partial charge on any atom is 0 e. The van der Waals surface area contributed by atoms with Crippen LogP contribution < -0.4 is 11.5 Å². The van der Waals surface area contributed by atoms with Gasteiger partial charge in [0, 0.05) is 17.1 Å². The quantitative estimate of drug-likeness (QED) is 0.475. The van der Waals surface area contributed by atoms with Crippen molar-refractivity contribution in [1.29, 1.82) is 0 Å². The molecule has 0 unspecified atom stereocenters. The molecule has 6 N–H and O–H groups in total. The monoisotopic (exact) mass is 155 g/mol. The Labute approximate surface area is 54.2 Å². The van der Waals surface area contributed by atoms with Crippen molar-refractivity contribution in [3.63, 3.8) is 0 Å². The molecule has 0 heterocycles. The first-order valence-corrected chi connectivity index (χ1v) is 1.82. The van der Waals surface area contributed by atoms with E-state index in [-0.39, 0.29) is 22.5 Å². The van der Waals surface area contributed by atoms with Crippen LogP contribution in [0.2, 0.25) is 0 Å². The van der Waals surface area contributed by atoms with E-state index in [1.807, 2.05) is 0 Å². The van der Waals surface area contributed by atoms with Crippen LogP contribution in [0.25, 0.3) is 0 Å². The van der Waals surface area contributed by atoms with Crippen LogP contribution in [-0.2, 0) is 17.1 Å². The van der Waals surface area contributed by atoms with E-state index in [0.717, 1.165) is 19.5 Å². The zero-order valence-corrected chi connectivity index (χ0v) is 5.02. The Morgan fingerprint density at radius 1 is 1.00 bits per heavy atom. The maximum atomic E-state index is 5.06. The van der Waals surface area contributed by atoms with E-state index in [1.54, 1.807) is 0 Å². The predicted molar refractivity (Wildman–Crippen MR) is 26.3 cm³/mol. The molecule has 0 rings (SSSR count). The minimum atomic E-state index is 0. The molecule has 0 saturated heterocycles.